The van der Waals surface area contributed by atoms with Crippen molar-refractivity contribution in [2.24, 2.45) is 5.41 Å². The molecule has 0 unspecified atom stereocenters. The van der Waals surface area contributed by atoms with Crippen LogP contribution < -0.4 is 16.4 Å². The molecule has 0 saturated heterocycles. The summed E-state index contributed by atoms with van der Waals surface area (Å²) in [5, 5.41) is 8.87. The van der Waals surface area contributed by atoms with Crippen LogP contribution in [0.1, 0.15) is 58.9 Å². The standard InChI is InChI=1S/C30H41N5/c1-7-8-25(15-22(11-13-32-6)9-12-30(3,4)5)35-29-18-24-16-23(17-28(31)27(24)20-34-29)26-19-33-14-10-21(26)2/h8,10,14-20,32H,7,9,11-13,31H2,1-6H3,(H,34,35)/b22-15+,25-8+. The molecule has 3 aromatic rings. The second-order valence-corrected chi connectivity index (χ2v) is 10.5. The van der Waals surface area contributed by atoms with Crippen molar-refractivity contribution in [2.75, 3.05) is 24.6 Å². The minimum atomic E-state index is 0.310. The lowest BCUT2D eigenvalue weighted by Gasteiger charge is -2.20. The Balaban J connectivity index is 1.93. The molecule has 35 heavy (non-hydrogen) atoms. The van der Waals surface area contributed by atoms with E-state index >= 15 is 0 Å². The normalized spacial score (nSPS) is 12.9. The van der Waals surface area contributed by atoms with Crippen LogP contribution in [0.15, 0.2) is 66.3 Å². The van der Waals surface area contributed by atoms with E-state index < -0.39 is 0 Å². The summed E-state index contributed by atoms with van der Waals surface area (Å²) in [6.07, 6.45) is 14.3. The highest BCUT2D eigenvalue weighted by molar-refractivity contribution is 5.97. The van der Waals surface area contributed by atoms with Gasteiger partial charge in [-0.1, -0.05) is 39.3 Å². The molecular weight excluding hydrogens is 430 g/mol. The first-order valence-corrected chi connectivity index (χ1v) is 12.6. The van der Waals surface area contributed by atoms with E-state index in [1.54, 1.807) is 0 Å². The zero-order chi connectivity index (χ0) is 25.4. The first kappa shape index (κ1) is 26.4. The summed E-state index contributed by atoms with van der Waals surface area (Å²) in [6.45, 7) is 12.1. The summed E-state index contributed by atoms with van der Waals surface area (Å²) in [5.74, 6) is 0.816. The van der Waals surface area contributed by atoms with Gasteiger partial charge >= 0.3 is 0 Å². The van der Waals surface area contributed by atoms with Crippen LogP contribution in [0.4, 0.5) is 11.5 Å². The third-order valence-electron chi connectivity index (χ3n) is 6.17. The number of benzene rings is 1. The van der Waals surface area contributed by atoms with Crippen molar-refractivity contribution in [2.45, 2.75) is 60.3 Å². The Morgan fingerprint density at radius 3 is 2.60 bits per heavy atom. The SMILES string of the molecule is CC/C=C(\C=C(\CCNC)CCC(C)(C)C)Nc1cc2cc(-c3cnccc3C)cc(N)c2cn1. The number of pyridine rings is 2. The number of fused-ring (bicyclic) bond motifs is 1. The lowest BCUT2D eigenvalue weighted by Crippen LogP contribution is -2.11. The number of nitrogens with one attached hydrogen (secondary N) is 2. The average Bonchev–Trinajstić information content (AvgIpc) is 2.80. The van der Waals surface area contributed by atoms with Crippen LogP contribution in [-0.4, -0.2) is 23.6 Å². The number of hydrogen-bond donors (Lipinski definition) is 3. The fourth-order valence-corrected chi connectivity index (χ4v) is 4.10. The zero-order valence-corrected chi connectivity index (χ0v) is 22.2. The highest BCUT2D eigenvalue weighted by atomic mass is 15.0. The molecule has 0 radical (unpaired) electrons. The molecule has 186 valence electrons. The van der Waals surface area contributed by atoms with Crippen molar-refractivity contribution < 1.29 is 0 Å². The first-order valence-electron chi connectivity index (χ1n) is 12.6. The molecule has 0 aliphatic carbocycles. The van der Waals surface area contributed by atoms with Crippen molar-refractivity contribution in [3.8, 4) is 11.1 Å². The maximum absolute atomic E-state index is 6.42. The second kappa shape index (κ2) is 12.0. The van der Waals surface area contributed by atoms with Gasteiger partial charge in [-0.3, -0.25) is 4.98 Å². The van der Waals surface area contributed by atoms with Crippen molar-refractivity contribution in [3.05, 3.63) is 71.8 Å². The van der Waals surface area contributed by atoms with Crippen LogP contribution in [0, 0.1) is 12.3 Å². The van der Waals surface area contributed by atoms with Gasteiger partial charge in [0.1, 0.15) is 5.82 Å². The maximum atomic E-state index is 6.42. The summed E-state index contributed by atoms with van der Waals surface area (Å²) in [6, 6.07) is 8.29. The van der Waals surface area contributed by atoms with E-state index in [9.17, 15) is 0 Å². The van der Waals surface area contributed by atoms with E-state index in [4.69, 9.17) is 5.73 Å². The van der Waals surface area contributed by atoms with Crippen molar-refractivity contribution in [1.29, 1.82) is 0 Å². The van der Waals surface area contributed by atoms with Crippen molar-refractivity contribution >= 4 is 22.3 Å². The molecule has 0 bridgehead atoms. The molecular formula is C30H41N5. The summed E-state index contributed by atoms with van der Waals surface area (Å²) in [7, 11) is 2.01. The van der Waals surface area contributed by atoms with Crippen LogP contribution in [0.3, 0.4) is 0 Å². The Morgan fingerprint density at radius 2 is 1.91 bits per heavy atom. The Hall–Kier alpha value is -3.18. The van der Waals surface area contributed by atoms with Crippen molar-refractivity contribution in [1.82, 2.24) is 15.3 Å². The molecule has 3 rings (SSSR count). The second-order valence-electron chi connectivity index (χ2n) is 10.5. The molecule has 4 N–H and O–H groups in total. The number of nitrogens with two attached hydrogens (primary N) is 1. The van der Waals surface area contributed by atoms with Gasteiger partial charge in [0.05, 0.1) is 0 Å². The highest BCUT2D eigenvalue weighted by Gasteiger charge is 2.12. The lowest BCUT2D eigenvalue weighted by atomic mass is 9.87. The summed E-state index contributed by atoms with van der Waals surface area (Å²) >= 11 is 0. The number of hydrogen-bond acceptors (Lipinski definition) is 5. The minimum Gasteiger partial charge on any atom is -0.398 e. The van der Waals surface area contributed by atoms with Gasteiger partial charge in [-0.15, -0.1) is 0 Å². The molecule has 2 heterocycles. The monoisotopic (exact) mass is 471 g/mol. The molecule has 0 aliphatic heterocycles. The smallest absolute Gasteiger partial charge is 0.130 e. The van der Waals surface area contributed by atoms with Gasteiger partial charge in [0.15, 0.2) is 0 Å². The highest BCUT2D eigenvalue weighted by Crippen LogP contribution is 2.32. The summed E-state index contributed by atoms with van der Waals surface area (Å²) in [5.41, 5.74) is 13.3. The van der Waals surface area contributed by atoms with Crippen LogP contribution >= 0.6 is 0 Å². The third-order valence-corrected chi connectivity index (χ3v) is 6.17. The summed E-state index contributed by atoms with van der Waals surface area (Å²) < 4.78 is 0. The average molecular weight is 472 g/mol. The molecule has 0 aliphatic rings. The Labute approximate surface area is 211 Å². The van der Waals surface area contributed by atoms with E-state index in [-0.39, 0.29) is 0 Å². The maximum Gasteiger partial charge on any atom is 0.130 e. The van der Waals surface area contributed by atoms with Gasteiger partial charge in [-0.2, -0.15) is 0 Å². The predicted molar refractivity (Wildman–Crippen MR) is 151 cm³/mol. The Bertz CT molecular complexity index is 1200. The molecule has 0 fully saturated rings. The molecule has 2 aromatic heterocycles. The van der Waals surface area contributed by atoms with E-state index in [1.165, 1.54) is 11.1 Å². The lowest BCUT2D eigenvalue weighted by molar-refractivity contribution is 0.375. The zero-order valence-electron chi connectivity index (χ0n) is 22.2. The van der Waals surface area contributed by atoms with Gasteiger partial charge in [-0.05, 0) is 98.5 Å². The predicted octanol–water partition coefficient (Wildman–Crippen LogP) is 7.26. The molecule has 0 spiro atoms. The number of nitrogens with zero attached hydrogens (tertiary/aromatic N) is 2. The molecule has 1 aromatic carbocycles. The van der Waals surface area contributed by atoms with Gasteiger partial charge in [-0.25, -0.2) is 4.98 Å². The topological polar surface area (TPSA) is 75.9 Å². The minimum absolute atomic E-state index is 0.310. The first-order chi connectivity index (χ1) is 16.7. The molecule has 5 heteroatoms. The number of anilines is 2. The molecule has 0 saturated carbocycles. The Morgan fingerprint density at radius 1 is 1.11 bits per heavy atom. The van der Waals surface area contributed by atoms with Gasteiger partial charge in [0.2, 0.25) is 0 Å². The van der Waals surface area contributed by atoms with E-state index in [0.29, 0.717) is 5.41 Å². The number of aryl methyl sites for hydroxylation is 1. The van der Waals surface area contributed by atoms with Crippen LogP contribution in [0.2, 0.25) is 0 Å². The molecule has 5 nitrogen and oxygen atoms in total. The van der Waals surface area contributed by atoms with Gasteiger partial charge < -0.3 is 16.4 Å². The van der Waals surface area contributed by atoms with E-state index in [0.717, 1.165) is 71.3 Å². The molecule has 0 amide bonds. The fourth-order valence-electron chi connectivity index (χ4n) is 4.10. The number of nitrogen functional groups attached to an aromatic ring is 1. The van der Waals surface area contributed by atoms with Crippen LogP contribution in [0.5, 0.6) is 0 Å². The van der Waals surface area contributed by atoms with Crippen molar-refractivity contribution in [3.63, 3.8) is 0 Å². The number of allylic oxidation sites excluding steroid dienone is 2. The van der Waals surface area contributed by atoms with Gasteiger partial charge in [0.25, 0.3) is 0 Å². The van der Waals surface area contributed by atoms with Crippen LogP contribution in [-0.2, 0) is 0 Å². The largest absolute Gasteiger partial charge is 0.398 e. The van der Waals surface area contributed by atoms with E-state index in [1.807, 2.05) is 37.8 Å². The molecule has 0 atom stereocenters. The fraction of sp³-hybridized carbons (Fsp3) is 0.400. The van der Waals surface area contributed by atoms with E-state index in [2.05, 4.69) is 79.5 Å². The third kappa shape index (κ3) is 7.66. The van der Waals surface area contributed by atoms with Crippen LogP contribution in [0.25, 0.3) is 21.9 Å². The van der Waals surface area contributed by atoms with Gasteiger partial charge in [0, 0.05) is 40.9 Å². The number of aromatic nitrogens is 2. The summed E-state index contributed by atoms with van der Waals surface area (Å²) in [4.78, 5) is 8.98. The number of rotatable bonds is 10. The Kier molecular flexibility index (Phi) is 9.05. The quantitative estimate of drug-likeness (QED) is 0.214.